The Morgan fingerprint density at radius 3 is 2.42 bits per heavy atom. The minimum Gasteiger partial charge on any atom is -0.486 e. The summed E-state index contributed by atoms with van der Waals surface area (Å²) in [6.07, 6.45) is 3.40. The highest BCUT2D eigenvalue weighted by Gasteiger charge is 2.45. The highest BCUT2D eigenvalue weighted by molar-refractivity contribution is 5.94. The average molecular weight is 513 g/mol. The second kappa shape index (κ2) is 9.67. The molecule has 2 unspecified atom stereocenters. The number of pyridine rings is 1. The minimum atomic E-state index is -0.522. The number of oxazole rings is 1. The minimum absolute atomic E-state index is 0.0580. The molecule has 0 saturated carbocycles. The quantitative estimate of drug-likeness (QED) is 0.322. The average Bonchev–Trinajstić information content (AvgIpc) is 3.47. The summed E-state index contributed by atoms with van der Waals surface area (Å²) in [5, 5.41) is 0. The van der Waals surface area contributed by atoms with Crippen molar-refractivity contribution >= 4 is 23.2 Å². The summed E-state index contributed by atoms with van der Waals surface area (Å²) in [6.45, 7) is 7.41. The predicted octanol–water partition coefficient (Wildman–Crippen LogP) is 6.06. The van der Waals surface area contributed by atoms with Gasteiger partial charge in [-0.1, -0.05) is 36.4 Å². The van der Waals surface area contributed by atoms with Gasteiger partial charge in [-0.2, -0.15) is 4.98 Å². The van der Waals surface area contributed by atoms with Crippen LogP contribution in [0.4, 0.5) is 10.8 Å². The van der Waals surface area contributed by atoms with E-state index in [0.29, 0.717) is 42.6 Å². The van der Waals surface area contributed by atoms with Crippen LogP contribution in [0.5, 0.6) is 5.75 Å². The maximum absolute atomic E-state index is 12.9. The molecule has 2 aromatic carbocycles. The van der Waals surface area contributed by atoms with Crippen LogP contribution in [0.2, 0.25) is 0 Å². The fraction of sp³-hybridized carbons (Fsp3) is 0.367. The van der Waals surface area contributed by atoms with Crippen molar-refractivity contribution in [3.05, 3.63) is 72.4 Å². The molecule has 1 amide bonds. The van der Waals surface area contributed by atoms with E-state index >= 15 is 0 Å². The molecule has 38 heavy (non-hydrogen) atoms. The lowest BCUT2D eigenvalue weighted by Crippen LogP contribution is -2.56. The van der Waals surface area contributed by atoms with Crippen molar-refractivity contribution in [2.24, 2.45) is 0 Å². The molecule has 196 valence electrons. The second-order valence-corrected chi connectivity index (χ2v) is 11.0. The van der Waals surface area contributed by atoms with Crippen molar-refractivity contribution < 1.29 is 18.7 Å². The van der Waals surface area contributed by atoms with E-state index in [4.69, 9.17) is 18.9 Å². The normalized spacial score (nSPS) is 19.1. The number of carbonyl (C=O) groups is 1. The molecular weight excluding hydrogens is 480 g/mol. The van der Waals surface area contributed by atoms with E-state index in [9.17, 15) is 4.79 Å². The number of nitrogens with zero attached hydrogens (tertiary/aromatic N) is 4. The zero-order chi connectivity index (χ0) is 26.3. The standard InChI is InChI=1S/C30H32N4O4/c1-30(2,3)38-29(35)34-21-12-13-22(34)18-33(17-21)28-32-26-25(36-19-20-9-5-4-6-10-20)15-14-23(27(26)37-28)24-11-7-8-16-31-24/h4-11,14-16,21-22H,12-13,17-19H2,1-3H3. The summed E-state index contributed by atoms with van der Waals surface area (Å²) in [6, 6.07) is 20.4. The van der Waals surface area contributed by atoms with Crippen LogP contribution in [0.15, 0.2) is 71.3 Å². The molecule has 6 rings (SSSR count). The topological polar surface area (TPSA) is 80.9 Å². The van der Waals surface area contributed by atoms with Crippen molar-refractivity contribution in [3.63, 3.8) is 0 Å². The Labute approximate surface area is 222 Å². The van der Waals surface area contributed by atoms with Crippen molar-refractivity contribution in [1.29, 1.82) is 0 Å². The lowest BCUT2D eigenvalue weighted by molar-refractivity contribution is 0.0120. The Morgan fingerprint density at radius 1 is 1.00 bits per heavy atom. The van der Waals surface area contributed by atoms with Crippen LogP contribution in [-0.4, -0.2) is 51.7 Å². The van der Waals surface area contributed by atoms with Gasteiger partial charge >= 0.3 is 6.09 Å². The predicted molar refractivity (Wildman–Crippen MR) is 145 cm³/mol. The largest absolute Gasteiger partial charge is 0.486 e. The molecule has 8 nitrogen and oxygen atoms in total. The van der Waals surface area contributed by atoms with E-state index in [1.54, 1.807) is 6.20 Å². The molecule has 2 bridgehead atoms. The van der Waals surface area contributed by atoms with Crippen LogP contribution >= 0.6 is 0 Å². The third kappa shape index (κ3) is 4.78. The first-order valence-electron chi connectivity index (χ1n) is 13.1. The molecule has 2 fully saturated rings. The number of amides is 1. The summed E-state index contributed by atoms with van der Waals surface area (Å²) in [5.74, 6) is 0.661. The van der Waals surface area contributed by atoms with E-state index in [0.717, 1.165) is 29.7 Å². The molecule has 0 N–H and O–H groups in total. The summed E-state index contributed by atoms with van der Waals surface area (Å²) < 4.78 is 18.4. The van der Waals surface area contributed by atoms with Crippen LogP contribution in [0, 0.1) is 0 Å². The maximum atomic E-state index is 12.9. The zero-order valence-electron chi connectivity index (χ0n) is 22.0. The molecule has 2 aliphatic rings. The van der Waals surface area contributed by atoms with Crippen LogP contribution in [0.1, 0.15) is 39.2 Å². The molecule has 2 atom stereocenters. The van der Waals surface area contributed by atoms with Gasteiger partial charge in [-0.25, -0.2) is 4.79 Å². The first-order chi connectivity index (χ1) is 18.4. The van der Waals surface area contributed by atoms with Crippen LogP contribution in [0.25, 0.3) is 22.4 Å². The number of hydrogen-bond acceptors (Lipinski definition) is 7. The maximum Gasteiger partial charge on any atom is 0.410 e. The number of ether oxygens (including phenoxy) is 2. The molecule has 2 aliphatic heterocycles. The van der Waals surface area contributed by atoms with E-state index < -0.39 is 5.60 Å². The highest BCUT2D eigenvalue weighted by Crippen LogP contribution is 2.39. The van der Waals surface area contributed by atoms with Gasteiger partial charge in [0.1, 0.15) is 18.0 Å². The molecule has 2 aromatic heterocycles. The third-order valence-corrected chi connectivity index (χ3v) is 7.03. The number of hydrogen-bond donors (Lipinski definition) is 0. The number of piperazine rings is 1. The monoisotopic (exact) mass is 512 g/mol. The van der Waals surface area contributed by atoms with Crippen molar-refractivity contribution in [2.75, 3.05) is 18.0 Å². The Kier molecular flexibility index (Phi) is 6.18. The fourth-order valence-electron chi connectivity index (χ4n) is 5.35. The molecule has 0 radical (unpaired) electrons. The van der Waals surface area contributed by atoms with Crippen LogP contribution in [0.3, 0.4) is 0 Å². The fourth-order valence-corrected chi connectivity index (χ4v) is 5.35. The van der Waals surface area contributed by atoms with Crippen LogP contribution < -0.4 is 9.64 Å². The zero-order valence-corrected chi connectivity index (χ0v) is 22.0. The Hall–Kier alpha value is -4.07. The third-order valence-electron chi connectivity index (χ3n) is 7.03. The number of rotatable bonds is 5. The molecule has 4 aromatic rings. The van der Waals surface area contributed by atoms with Crippen LogP contribution in [-0.2, 0) is 11.3 Å². The number of anilines is 1. The summed E-state index contributed by atoms with van der Waals surface area (Å²) >= 11 is 0. The molecule has 8 heteroatoms. The van der Waals surface area contributed by atoms with E-state index in [2.05, 4.69) is 9.88 Å². The van der Waals surface area contributed by atoms with Crippen molar-refractivity contribution in [2.45, 2.75) is 57.9 Å². The summed E-state index contributed by atoms with van der Waals surface area (Å²) in [5.41, 5.74) is 3.54. The molecule has 4 heterocycles. The number of aromatic nitrogens is 2. The van der Waals surface area contributed by atoms with Gasteiger partial charge in [-0.3, -0.25) is 9.88 Å². The van der Waals surface area contributed by atoms with Crippen molar-refractivity contribution in [1.82, 2.24) is 14.9 Å². The molecule has 0 aliphatic carbocycles. The van der Waals surface area contributed by atoms with Gasteiger partial charge in [-0.05, 0) is 63.4 Å². The van der Waals surface area contributed by atoms with E-state index in [-0.39, 0.29) is 18.2 Å². The SMILES string of the molecule is CC(C)(C)OC(=O)N1C2CCC1CN(c1nc3c(OCc4ccccc4)ccc(-c4ccccn4)c3o1)C2. The lowest BCUT2D eigenvalue weighted by Gasteiger charge is -2.40. The van der Waals surface area contributed by atoms with Crippen molar-refractivity contribution in [3.8, 4) is 17.0 Å². The molecular formula is C30H32N4O4. The van der Waals surface area contributed by atoms with Gasteiger partial charge in [0, 0.05) is 24.8 Å². The molecule has 2 saturated heterocycles. The van der Waals surface area contributed by atoms with Gasteiger partial charge in [0.2, 0.25) is 0 Å². The number of fused-ring (bicyclic) bond motifs is 3. The molecule has 0 spiro atoms. The van der Waals surface area contributed by atoms with E-state index in [1.807, 2.05) is 86.3 Å². The van der Waals surface area contributed by atoms with Gasteiger partial charge in [0.05, 0.1) is 17.8 Å². The van der Waals surface area contributed by atoms with Gasteiger partial charge in [-0.15, -0.1) is 0 Å². The van der Waals surface area contributed by atoms with E-state index in [1.165, 1.54) is 0 Å². The number of carbonyl (C=O) groups excluding carboxylic acids is 1. The van der Waals surface area contributed by atoms with Gasteiger partial charge in [0.15, 0.2) is 11.1 Å². The Bertz CT molecular complexity index is 1420. The van der Waals surface area contributed by atoms with Gasteiger partial charge < -0.3 is 18.8 Å². The highest BCUT2D eigenvalue weighted by atomic mass is 16.6. The Morgan fingerprint density at radius 2 is 1.74 bits per heavy atom. The summed E-state index contributed by atoms with van der Waals surface area (Å²) in [4.78, 5) is 26.4. The summed E-state index contributed by atoms with van der Waals surface area (Å²) in [7, 11) is 0. The smallest absolute Gasteiger partial charge is 0.410 e. The lowest BCUT2D eigenvalue weighted by atomic mass is 10.1. The Balaban J connectivity index is 1.31. The second-order valence-electron chi connectivity index (χ2n) is 11.0. The first-order valence-corrected chi connectivity index (χ1v) is 13.1. The first kappa shape index (κ1) is 24.3. The van der Waals surface area contributed by atoms with Gasteiger partial charge in [0.25, 0.3) is 6.01 Å². The number of benzene rings is 2.